The Morgan fingerprint density at radius 2 is 1.84 bits per heavy atom. The van der Waals surface area contributed by atoms with Crippen molar-refractivity contribution in [1.29, 1.82) is 0 Å². The second-order valence-corrected chi connectivity index (χ2v) is 11.4. The molecule has 2 aromatic carbocycles. The quantitative estimate of drug-likeness (QED) is 0.429. The molecule has 2 aliphatic heterocycles. The number of nitrogens with zero attached hydrogens (tertiary/aromatic N) is 3. The van der Waals surface area contributed by atoms with E-state index in [0.717, 1.165) is 24.2 Å². The number of hydrogen-bond acceptors (Lipinski definition) is 6. The molecule has 0 saturated carbocycles. The van der Waals surface area contributed by atoms with Crippen molar-refractivity contribution in [3.63, 3.8) is 0 Å². The molecule has 1 fully saturated rings. The van der Waals surface area contributed by atoms with Gasteiger partial charge in [-0.3, -0.25) is 9.36 Å². The van der Waals surface area contributed by atoms with Crippen LogP contribution in [0.4, 0.5) is 5.69 Å². The summed E-state index contributed by atoms with van der Waals surface area (Å²) < 4.78 is 7.66. The van der Waals surface area contributed by atoms with Crippen LogP contribution in [0.1, 0.15) is 74.8 Å². The van der Waals surface area contributed by atoms with Gasteiger partial charge < -0.3 is 9.64 Å². The number of rotatable bonds is 6. The van der Waals surface area contributed by atoms with E-state index in [2.05, 4.69) is 56.0 Å². The van der Waals surface area contributed by atoms with Crippen LogP contribution >= 0.6 is 11.3 Å². The van der Waals surface area contributed by atoms with Crippen molar-refractivity contribution in [2.75, 3.05) is 24.6 Å². The van der Waals surface area contributed by atoms with Gasteiger partial charge in [-0.2, -0.15) is 0 Å². The Morgan fingerprint density at radius 3 is 2.47 bits per heavy atom. The van der Waals surface area contributed by atoms with Crippen LogP contribution in [0.3, 0.4) is 0 Å². The molecule has 6 nitrogen and oxygen atoms in total. The van der Waals surface area contributed by atoms with Gasteiger partial charge in [0.15, 0.2) is 4.80 Å². The van der Waals surface area contributed by atoms with Crippen molar-refractivity contribution in [3.05, 3.63) is 95.7 Å². The Morgan fingerprint density at radius 1 is 1.13 bits per heavy atom. The molecule has 0 amide bonds. The predicted molar refractivity (Wildman–Crippen MR) is 154 cm³/mol. The number of anilines is 1. The first kappa shape index (κ1) is 26.2. The van der Waals surface area contributed by atoms with Crippen LogP contribution in [-0.2, 0) is 9.53 Å². The molecule has 1 unspecified atom stereocenters. The molecule has 0 N–H and O–H groups in total. The molecule has 5 rings (SSSR count). The van der Waals surface area contributed by atoms with E-state index >= 15 is 0 Å². The zero-order chi connectivity index (χ0) is 27.0. The van der Waals surface area contributed by atoms with Gasteiger partial charge in [0.2, 0.25) is 0 Å². The zero-order valence-corrected chi connectivity index (χ0v) is 23.6. The molecule has 0 radical (unpaired) electrons. The molecule has 0 bridgehead atoms. The highest BCUT2D eigenvalue weighted by Gasteiger charge is 2.33. The van der Waals surface area contributed by atoms with Gasteiger partial charge in [-0.25, -0.2) is 9.79 Å². The van der Waals surface area contributed by atoms with Crippen LogP contribution in [0.15, 0.2) is 63.5 Å². The van der Waals surface area contributed by atoms with Crippen molar-refractivity contribution in [3.8, 4) is 0 Å². The fourth-order valence-electron chi connectivity index (χ4n) is 5.40. The Labute approximate surface area is 227 Å². The third kappa shape index (κ3) is 4.87. The third-order valence-electron chi connectivity index (χ3n) is 7.40. The summed E-state index contributed by atoms with van der Waals surface area (Å²) in [6.45, 7) is 12.5. The fraction of sp³-hybridized carbons (Fsp3) is 0.387. The molecule has 1 saturated heterocycles. The highest BCUT2D eigenvalue weighted by molar-refractivity contribution is 7.07. The van der Waals surface area contributed by atoms with Gasteiger partial charge in [0.25, 0.3) is 5.56 Å². The molecule has 1 aromatic heterocycles. The normalized spacial score (nSPS) is 17.7. The largest absolute Gasteiger partial charge is 0.463 e. The molecule has 38 heavy (non-hydrogen) atoms. The first-order chi connectivity index (χ1) is 18.3. The minimum Gasteiger partial charge on any atom is -0.463 e. The van der Waals surface area contributed by atoms with E-state index in [1.807, 2.05) is 25.1 Å². The number of hydrogen-bond donors (Lipinski definition) is 0. The van der Waals surface area contributed by atoms with Gasteiger partial charge >= 0.3 is 5.97 Å². The Balaban J connectivity index is 1.62. The third-order valence-corrected chi connectivity index (χ3v) is 8.38. The molecular weight excluding hydrogens is 494 g/mol. The number of benzene rings is 2. The first-order valence-electron chi connectivity index (χ1n) is 13.4. The standard InChI is InChI=1S/C31H35N3O3S/c1-6-37-30(36)27-21(5)32-31-34(28(27)24-12-10-23(11-13-24)19(2)3)29(35)26(38-31)18-22-9-14-25(20(4)17-22)33-15-7-8-16-33/h9-14,17-19,28H,6-8,15-16H2,1-5H3. The van der Waals surface area contributed by atoms with Crippen LogP contribution in [0.2, 0.25) is 0 Å². The number of carbonyl (C=O) groups is 1. The van der Waals surface area contributed by atoms with Crippen LogP contribution in [0.25, 0.3) is 6.08 Å². The van der Waals surface area contributed by atoms with Crippen molar-refractivity contribution < 1.29 is 9.53 Å². The average molecular weight is 530 g/mol. The monoisotopic (exact) mass is 529 g/mol. The van der Waals surface area contributed by atoms with E-state index < -0.39 is 12.0 Å². The van der Waals surface area contributed by atoms with Gasteiger partial charge in [0.05, 0.1) is 28.5 Å². The number of allylic oxidation sites excluding steroid dienone is 1. The number of aryl methyl sites for hydroxylation is 1. The molecule has 0 spiro atoms. The van der Waals surface area contributed by atoms with Crippen molar-refractivity contribution in [1.82, 2.24) is 4.57 Å². The fourth-order valence-corrected chi connectivity index (χ4v) is 6.45. The van der Waals surface area contributed by atoms with E-state index in [4.69, 9.17) is 9.73 Å². The van der Waals surface area contributed by atoms with Crippen LogP contribution < -0.4 is 19.8 Å². The summed E-state index contributed by atoms with van der Waals surface area (Å²) in [7, 11) is 0. The molecule has 0 aliphatic carbocycles. The van der Waals surface area contributed by atoms with E-state index in [1.54, 1.807) is 11.5 Å². The second-order valence-electron chi connectivity index (χ2n) is 10.4. The molecule has 3 heterocycles. The van der Waals surface area contributed by atoms with Gasteiger partial charge in [0, 0.05) is 18.8 Å². The number of aromatic nitrogens is 1. The van der Waals surface area contributed by atoms with Gasteiger partial charge in [-0.05, 0) is 80.0 Å². The molecule has 198 valence electrons. The summed E-state index contributed by atoms with van der Waals surface area (Å²) in [5.74, 6) is -0.0535. The number of ether oxygens (including phenoxy) is 1. The lowest BCUT2D eigenvalue weighted by molar-refractivity contribution is -0.139. The van der Waals surface area contributed by atoms with Crippen LogP contribution in [-0.4, -0.2) is 30.2 Å². The van der Waals surface area contributed by atoms with Gasteiger partial charge in [-0.1, -0.05) is 55.5 Å². The molecule has 2 aliphatic rings. The number of fused-ring (bicyclic) bond motifs is 1. The van der Waals surface area contributed by atoms with Crippen LogP contribution in [0, 0.1) is 6.92 Å². The Hall–Kier alpha value is -3.45. The summed E-state index contributed by atoms with van der Waals surface area (Å²) in [6, 6.07) is 13.9. The maximum Gasteiger partial charge on any atom is 0.338 e. The lowest BCUT2D eigenvalue weighted by Crippen LogP contribution is -2.39. The van der Waals surface area contributed by atoms with Crippen molar-refractivity contribution >= 4 is 29.1 Å². The molecular formula is C31H35N3O3S. The maximum absolute atomic E-state index is 13.9. The average Bonchev–Trinajstić information content (AvgIpc) is 3.52. The van der Waals surface area contributed by atoms with E-state index in [0.29, 0.717) is 26.5 Å². The summed E-state index contributed by atoms with van der Waals surface area (Å²) in [6.07, 6.45) is 4.40. The molecule has 3 aromatic rings. The van der Waals surface area contributed by atoms with Crippen molar-refractivity contribution in [2.45, 2.75) is 59.4 Å². The maximum atomic E-state index is 13.9. The zero-order valence-electron chi connectivity index (χ0n) is 22.8. The lowest BCUT2D eigenvalue weighted by Gasteiger charge is -2.25. The minimum absolute atomic E-state index is 0.151. The van der Waals surface area contributed by atoms with Gasteiger partial charge in [0.1, 0.15) is 0 Å². The Bertz CT molecular complexity index is 1570. The summed E-state index contributed by atoms with van der Waals surface area (Å²) >= 11 is 1.36. The topological polar surface area (TPSA) is 63.9 Å². The van der Waals surface area contributed by atoms with E-state index in [1.165, 1.54) is 41.0 Å². The minimum atomic E-state index is -0.590. The summed E-state index contributed by atoms with van der Waals surface area (Å²) in [5, 5.41) is 0. The predicted octanol–water partition coefficient (Wildman–Crippen LogP) is 4.83. The highest BCUT2D eigenvalue weighted by Crippen LogP contribution is 2.31. The van der Waals surface area contributed by atoms with Gasteiger partial charge in [-0.15, -0.1) is 0 Å². The van der Waals surface area contributed by atoms with Crippen LogP contribution in [0.5, 0.6) is 0 Å². The Kier molecular flexibility index (Phi) is 7.39. The number of carbonyl (C=O) groups excluding carboxylic acids is 1. The van der Waals surface area contributed by atoms with E-state index in [-0.39, 0.29) is 12.2 Å². The highest BCUT2D eigenvalue weighted by atomic mass is 32.1. The van der Waals surface area contributed by atoms with E-state index in [9.17, 15) is 9.59 Å². The summed E-state index contributed by atoms with van der Waals surface area (Å²) in [5.41, 5.74) is 6.36. The summed E-state index contributed by atoms with van der Waals surface area (Å²) in [4.78, 5) is 34.7. The number of esters is 1. The number of thiazole rings is 1. The van der Waals surface area contributed by atoms with Crippen molar-refractivity contribution in [2.24, 2.45) is 4.99 Å². The SMILES string of the molecule is CCOC(=O)C1=C(C)N=c2sc(=Cc3ccc(N4CCCC4)c(C)c3)c(=O)n2C1c1ccc(C(C)C)cc1. The first-order valence-corrected chi connectivity index (χ1v) is 14.2. The smallest absolute Gasteiger partial charge is 0.338 e. The molecule has 7 heteroatoms. The lowest BCUT2D eigenvalue weighted by atomic mass is 9.93. The second kappa shape index (κ2) is 10.7. The molecule has 1 atom stereocenters.